The fourth-order valence-corrected chi connectivity index (χ4v) is 0.985. The molecule has 0 aromatic rings. The molecule has 16 heavy (non-hydrogen) atoms. The molecule has 0 radical (unpaired) electrons. The quantitative estimate of drug-likeness (QED) is 0.535. The summed E-state index contributed by atoms with van der Waals surface area (Å²) in [5.74, 6) is 2.83. The Bertz CT molecular complexity index is 247. The van der Waals surface area contributed by atoms with Gasteiger partial charge in [0.05, 0.1) is 12.2 Å². The lowest BCUT2D eigenvalue weighted by Crippen LogP contribution is -2.26. The lowest BCUT2D eigenvalue weighted by atomic mass is 10.2. The molecule has 3 unspecified atom stereocenters. The molecule has 3 atom stereocenters. The summed E-state index contributed by atoms with van der Waals surface area (Å²) in [7, 11) is 1.35. The van der Waals surface area contributed by atoms with Gasteiger partial charge in [0.2, 0.25) is 0 Å². The number of amides is 1. The van der Waals surface area contributed by atoms with Crippen molar-refractivity contribution in [1.82, 2.24) is 5.32 Å². The number of nitrogens with one attached hydrogen (secondary N) is 1. The summed E-state index contributed by atoms with van der Waals surface area (Å²) in [5, 5.41) is 18.6. The van der Waals surface area contributed by atoms with Crippen LogP contribution in [0.3, 0.4) is 0 Å². The molecular formula is C10H18INO4. The molecule has 3 N–H and O–H groups in total. The third-order valence-electron chi connectivity index (χ3n) is 1.57. The smallest absolute Gasteiger partial charge is 0.404 e. The van der Waals surface area contributed by atoms with Crippen LogP contribution in [0, 0.1) is 9.85 Å². The van der Waals surface area contributed by atoms with Crippen LogP contribution in [-0.4, -0.2) is 41.7 Å². The SMILES string of the molecule is CC(C#CI)OC(C)C(C)O.CNC(=O)O. The van der Waals surface area contributed by atoms with Crippen LogP contribution in [0.25, 0.3) is 0 Å². The van der Waals surface area contributed by atoms with Gasteiger partial charge < -0.3 is 20.3 Å². The summed E-state index contributed by atoms with van der Waals surface area (Å²) < 4.78 is 8.05. The lowest BCUT2D eigenvalue weighted by molar-refractivity contribution is -0.0347. The summed E-state index contributed by atoms with van der Waals surface area (Å²) in [5.41, 5.74) is 0. The maximum Gasteiger partial charge on any atom is 0.404 e. The lowest BCUT2D eigenvalue weighted by Gasteiger charge is -2.17. The molecule has 0 spiro atoms. The molecule has 0 bridgehead atoms. The Morgan fingerprint density at radius 1 is 1.44 bits per heavy atom. The van der Waals surface area contributed by atoms with Crippen LogP contribution < -0.4 is 5.32 Å². The maximum absolute atomic E-state index is 9.26. The maximum atomic E-state index is 9.26. The number of hydrogen-bond acceptors (Lipinski definition) is 3. The van der Waals surface area contributed by atoms with Crippen molar-refractivity contribution in [3.8, 4) is 9.85 Å². The van der Waals surface area contributed by atoms with E-state index in [2.05, 4.69) is 9.85 Å². The first-order chi connectivity index (χ1) is 7.34. The average molecular weight is 343 g/mol. The van der Waals surface area contributed by atoms with E-state index in [0.717, 1.165) is 0 Å². The average Bonchev–Trinajstić information content (AvgIpc) is 2.18. The molecule has 0 fully saturated rings. The number of aliphatic hydroxyl groups is 1. The molecule has 0 aliphatic carbocycles. The van der Waals surface area contributed by atoms with Crippen molar-refractivity contribution < 1.29 is 19.7 Å². The normalized spacial score (nSPS) is 14.4. The van der Waals surface area contributed by atoms with E-state index >= 15 is 0 Å². The molecule has 0 rings (SSSR count). The monoisotopic (exact) mass is 343 g/mol. The van der Waals surface area contributed by atoms with Crippen molar-refractivity contribution in [1.29, 1.82) is 0 Å². The number of hydrogen-bond donors (Lipinski definition) is 3. The fourth-order valence-electron chi connectivity index (χ4n) is 0.547. The van der Waals surface area contributed by atoms with E-state index < -0.39 is 12.2 Å². The molecule has 0 saturated carbocycles. The number of ether oxygens (including phenoxy) is 1. The minimum absolute atomic E-state index is 0.100. The van der Waals surface area contributed by atoms with Gasteiger partial charge in [-0.05, 0) is 24.7 Å². The van der Waals surface area contributed by atoms with Crippen LogP contribution in [0.15, 0.2) is 0 Å². The van der Waals surface area contributed by atoms with Gasteiger partial charge in [0.1, 0.15) is 6.10 Å². The predicted molar refractivity (Wildman–Crippen MR) is 70.6 cm³/mol. The number of rotatable bonds is 3. The largest absolute Gasteiger partial charge is 0.465 e. The van der Waals surface area contributed by atoms with Crippen LogP contribution in [-0.2, 0) is 4.74 Å². The van der Waals surface area contributed by atoms with Crippen molar-refractivity contribution in [2.75, 3.05) is 7.05 Å². The van der Waals surface area contributed by atoms with E-state index in [1.54, 1.807) is 6.92 Å². The van der Waals surface area contributed by atoms with E-state index in [9.17, 15) is 4.79 Å². The van der Waals surface area contributed by atoms with Crippen molar-refractivity contribution >= 4 is 28.7 Å². The van der Waals surface area contributed by atoms with Gasteiger partial charge in [0.15, 0.2) is 0 Å². The van der Waals surface area contributed by atoms with Gasteiger partial charge in [-0.1, -0.05) is 5.92 Å². The third-order valence-corrected chi connectivity index (χ3v) is 1.88. The second kappa shape index (κ2) is 11.0. The zero-order chi connectivity index (χ0) is 13.1. The standard InChI is InChI=1S/C8H13IO2.C2H5NO2/c1-6(4-5-9)11-8(3)7(2)10;1-3-2(4)5/h6-8,10H,1-3H3;3H,1H3,(H,4,5). The first-order valence-corrected chi connectivity index (χ1v) is 5.78. The Morgan fingerprint density at radius 3 is 2.12 bits per heavy atom. The van der Waals surface area contributed by atoms with Gasteiger partial charge in [-0.25, -0.2) is 4.79 Å². The van der Waals surface area contributed by atoms with Gasteiger partial charge in [0, 0.05) is 29.6 Å². The predicted octanol–water partition coefficient (Wildman–Crippen LogP) is 1.44. The van der Waals surface area contributed by atoms with E-state index in [1.807, 2.05) is 41.8 Å². The molecule has 5 nitrogen and oxygen atoms in total. The molecule has 0 saturated heterocycles. The zero-order valence-electron chi connectivity index (χ0n) is 9.82. The Labute approximate surface area is 110 Å². The molecule has 6 heteroatoms. The molecule has 0 aromatic carbocycles. The number of carbonyl (C=O) groups is 1. The molecule has 0 aromatic heterocycles. The second-order valence-corrected chi connectivity index (χ2v) is 3.56. The Morgan fingerprint density at radius 2 is 1.88 bits per heavy atom. The van der Waals surface area contributed by atoms with Crippen LogP contribution in [0.4, 0.5) is 4.79 Å². The van der Waals surface area contributed by atoms with Crippen LogP contribution in [0.2, 0.25) is 0 Å². The van der Waals surface area contributed by atoms with Gasteiger partial charge in [-0.3, -0.25) is 0 Å². The molecule has 0 heterocycles. The van der Waals surface area contributed by atoms with Crippen molar-refractivity contribution in [2.45, 2.75) is 39.1 Å². The van der Waals surface area contributed by atoms with Gasteiger partial charge >= 0.3 is 6.09 Å². The van der Waals surface area contributed by atoms with Crippen LogP contribution >= 0.6 is 22.6 Å². The summed E-state index contributed by atoms with van der Waals surface area (Å²) in [6, 6.07) is 0. The topological polar surface area (TPSA) is 78.8 Å². The van der Waals surface area contributed by atoms with Crippen LogP contribution in [0.5, 0.6) is 0 Å². The Hall–Kier alpha value is -0.520. The van der Waals surface area contributed by atoms with Gasteiger partial charge in [-0.2, -0.15) is 0 Å². The minimum Gasteiger partial charge on any atom is -0.465 e. The van der Waals surface area contributed by atoms with Crippen LogP contribution in [0.1, 0.15) is 20.8 Å². The molecular weight excluding hydrogens is 325 g/mol. The summed E-state index contributed by atoms with van der Waals surface area (Å²) in [4.78, 5) is 9.26. The fraction of sp³-hybridized carbons (Fsp3) is 0.700. The molecule has 1 amide bonds. The molecule has 0 aliphatic heterocycles. The Kier molecular flexibility index (Phi) is 12.3. The highest BCUT2D eigenvalue weighted by molar-refractivity contribution is 14.1. The molecule has 94 valence electrons. The van der Waals surface area contributed by atoms with E-state index in [0.29, 0.717) is 0 Å². The minimum atomic E-state index is -0.995. The van der Waals surface area contributed by atoms with Crippen molar-refractivity contribution in [2.24, 2.45) is 0 Å². The van der Waals surface area contributed by atoms with Gasteiger partial charge in [0.25, 0.3) is 0 Å². The van der Waals surface area contributed by atoms with Crippen molar-refractivity contribution in [3.63, 3.8) is 0 Å². The highest BCUT2D eigenvalue weighted by Gasteiger charge is 2.11. The van der Waals surface area contributed by atoms with Crippen molar-refractivity contribution in [3.05, 3.63) is 0 Å². The van der Waals surface area contributed by atoms with E-state index in [1.165, 1.54) is 7.05 Å². The van der Waals surface area contributed by atoms with E-state index in [4.69, 9.17) is 14.9 Å². The highest BCUT2D eigenvalue weighted by Crippen LogP contribution is 2.01. The number of halogens is 1. The first kappa shape index (κ1) is 17.9. The number of carboxylic acid groups (broad SMARTS) is 1. The van der Waals surface area contributed by atoms with Gasteiger partial charge in [-0.15, -0.1) is 0 Å². The second-order valence-electron chi connectivity index (χ2n) is 3.02. The number of aliphatic hydroxyl groups excluding tert-OH is 1. The summed E-state index contributed by atoms with van der Waals surface area (Å²) in [6.07, 6.45) is -1.68. The zero-order valence-corrected chi connectivity index (χ0v) is 12.0. The first-order valence-electron chi connectivity index (χ1n) is 4.70. The molecule has 0 aliphatic rings. The highest BCUT2D eigenvalue weighted by atomic mass is 127. The van der Waals surface area contributed by atoms with E-state index in [-0.39, 0.29) is 12.2 Å². The summed E-state index contributed by atoms with van der Waals surface area (Å²) in [6.45, 7) is 5.40. The Balaban J connectivity index is 0. The third kappa shape index (κ3) is 13.5. The summed E-state index contributed by atoms with van der Waals surface area (Å²) >= 11 is 1.96.